The Bertz CT molecular complexity index is 1150. The van der Waals surface area contributed by atoms with Crippen molar-refractivity contribution in [2.75, 3.05) is 11.5 Å². The predicted octanol–water partition coefficient (Wildman–Crippen LogP) is 7.72. The highest BCUT2D eigenvalue weighted by Gasteiger charge is 2.45. The SMILES string of the molecule is CCOC(=O)N1c2ccc(C(F)(F)F)cc2[C@@H](NCc2cc(C(F)(F)F)cc(C(F)(F)F)c2)C[C@@H]1C1CC1. The highest BCUT2D eigenvalue weighted by atomic mass is 19.4. The molecule has 2 aromatic rings. The van der Waals surface area contributed by atoms with Gasteiger partial charge in [-0.15, -0.1) is 0 Å². The monoisotopic (exact) mass is 554 g/mol. The van der Waals surface area contributed by atoms with Gasteiger partial charge in [-0.1, -0.05) is 0 Å². The normalized spacial score (nSPS) is 20.3. The summed E-state index contributed by atoms with van der Waals surface area (Å²) in [5.74, 6) is 0.0320. The van der Waals surface area contributed by atoms with Crippen molar-refractivity contribution in [3.63, 3.8) is 0 Å². The molecule has 0 bridgehead atoms. The van der Waals surface area contributed by atoms with Gasteiger partial charge in [0, 0.05) is 18.6 Å². The van der Waals surface area contributed by atoms with Crippen molar-refractivity contribution in [1.82, 2.24) is 5.32 Å². The Morgan fingerprint density at radius 3 is 1.97 bits per heavy atom. The number of rotatable bonds is 5. The van der Waals surface area contributed by atoms with Crippen molar-refractivity contribution in [1.29, 1.82) is 0 Å². The first-order valence-corrected chi connectivity index (χ1v) is 11.8. The highest BCUT2D eigenvalue weighted by molar-refractivity contribution is 5.90. The van der Waals surface area contributed by atoms with Crippen LogP contribution in [0.5, 0.6) is 0 Å². The standard InChI is InChI=1S/C25H23F9N2O2/c1-2-38-22(37)36-20-6-5-15(23(26,27)28)10-18(20)19(11-21(36)14-3-4-14)35-12-13-7-16(24(29,30)31)9-17(8-13)25(32,33)34/h5-10,14,19,21,35H,2-4,11-12H2,1H3/t19-,21+/m0/s1. The number of hydrogen-bond acceptors (Lipinski definition) is 3. The molecule has 1 N–H and O–H groups in total. The van der Waals surface area contributed by atoms with E-state index in [2.05, 4.69) is 5.32 Å². The van der Waals surface area contributed by atoms with E-state index in [0.717, 1.165) is 31.0 Å². The quantitative estimate of drug-likeness (QED) is 0.385. The molecule has 0 aromatic heterocycles. The molecule has 0 radical (unpaired) electrons. The van der Waals surface area contributed by atoms with Crippen molar-refractivity contribution >= 4 is 11.8 Å². The average molecular weight is 554 g/mol. The molecule has 1 fully saturated rings. The van der Waals surface area contributed by atoms with Gasteiger partial charge in [0.1, 0.15) is 0 Å². The van der Waals surface area contributed by atoms with E-state index in [0.29, 0.717) is 12.1 Å². The molecular weight excluding hydrogens is 531 g/mol. The van der Waals surface area contributed by atoms with Crippen LogP contribution in [0.1, 0.15) is 60.0 Å². The first-order chi connectivity index (χ1) is 17.6. The number of ether oxygens (including phenoxy) is 1. The Morgan fingerprint density at radius 2 is 1.47 bits per heavy atom. The van der Waals surface area contributed by atoms with Crippen LogP contribution in [0.15, 0.2) is 36.4 Å². The summed E-state index contributed by atoms with van der Waals surface area (Å²) in [5, 5.41) is 2.85. The fourth-order valence-corrected chi connectivity index (χ4v) is 4.75. The lowest BCUT2D eigenvalue weighted by Gasteiger charge is -2.41. The fraction of sp³-hybridized carbons (Fsp3) is 0.480. The number of alkyl halides is 9. The lowest BCUT2D eigenvalue weighted by Crippen LogP contribution is -2.48. The second-order valence-corrected chi connectivity index (χ2v) is 9.33. The zero-order chi connectivity index (χ0) is 28.0. The Labute approximate surface area is 211 Å². The third-order valence-corrected chi connectivity index (χ3v) is 6.63. The summed E-state index contributed by atoms with van der Waals surface area (Å²) in [6.07, 6.45) is -13.9. The Balaban J connectivity index is 1.72. The lowest BCUT2D eigenvalue weighted by atomic mass is 9.87. The molecule has 4 nitrogen and oxygen atoms in total. The maximum Gasteiger partial charge on any atom is 0.416 e. The Hall–Kier alpha value is -2.96. The molecule has 0 spiro atoms. The third kappa shape index (κ3) is 6.02. The Kier molecular flexibility index (Phi) is 7.36. The van der Waals surface area contributed by atoms with Crippen LogP contribution in [-0.4, -0.2) is 18.7 Å². The summed E-state index contributed by atoms with van der Waals surface area (Å²) in [7, 11) is 0. The second-order valence-electron chi connectivity index (χ2n) is 9.33. The van der Waals surface area contributed by atoms with Crippen LogP contribution in [0.4, 0.5) is 50.0 Å². The van der Waals surface area contributed by atoms with Gasteiger partial charge in [0.15, 0.2) is 0 Å². The van der Waals surface area contributed by atoms with Crippen molar-refractivity contribution in [2.24, 2.45) is 5.92 Å². The van der Waals surface area contributed by atoms with Crippen LogP contribution in [0, 0.1) is 5.92 Å². The number of nitrogens with one attached hydrogen (secondary N) is 1. The number of fused-ring (bicyclic) bond motifs is 1. The average Bonchev–Trinajstić information content (AvgIpc) is 3.65. The topological polar surface area (TPSA) is 41.6 Å². The molecule has 1 heterocycles. The highest BCUT2D eigenvalue weighted by Crippen LogP contribution is 2.48. The number of nitrogens with zero attached hydrogens (tertiary/aromatic N) is 1. The summed E-state index contributed by atoms with van der Waals surface area (Å²) in [5.41, 5.74) is -4.12. The minimum atomic E-state index is -5.04. The van der Waals surface area contributed by atoms with E-state index in [1.807, 2.05) is 0 Å². The molecule has 0 unspecified atom stereocenters. The van der Waals surface area contributed by atoms with Crippen molar-refractivity contribution < 1.29 is 49.0 Å². The molecule has 13 heteroatoms. The van der Waals surface area contributed by atoms with Gasteiger partial charge >= 0.3 is 24.6 Å². The summed E-state index contributed by atoms with van der Waals surface area (Å²) in [4.78, 5) is 14.1. The van der Waals surface area contributed by atoms with E-state index in [4.69, 9.17) is 4.74 Å². The zero-order valence-electron chi connectivity index (χ0n) is 19.9. The van der Waals surface area contributed by atoms with Gasteiger partial charge in [-0.25, -0.2) is 4.79 Å². The maximum absolute atomic E-state index is 13.5. The lowest BCUT2D eigenvalue weighted by molar-refractivity contribution is -0.143. The van der Waals surface area contributed by atoms with Gasteiger partial charge in [-0.3, -0.25) is 4.90 Å². The van der Waals surface area contributed by atoms with Crippen LogP contribution >= 0.6 is 0 Å². The Morgan fingerprint density at radius 1 is 0.895 bits per heavy atom. The van der Waals surface area contributed by atoms with E-state index in [1.165, 1.54) is 4.90 Å². The minimum Gasteiger partial charge on any atom is -0.449 e. The molecule has 208 valence electrons. The maximum atomic E-state index is 13.5. The van der Waals surface area contributed by atoms with Gasteiger partial charge in [-0.2, -0.15) is 39.5 Å². The molecule has 2 atom stereocenters. The summed E-state index contributed by atoms with van der Waals surface area (Å²) in [6, 6.07) is 2.60. The molecule has 38 heavy (non-hydrogen) atoms. The minimum absolute atomic E-state index is 0.00929. The smallest absolute Gasteiger partial charge is 0.416 e. The van der Waals surface area contributed by atoms with Gasteiger partial charge in [0.2, 0.25) is 0 Å². The van der Waals surface area contributed by atoms with Crippen molar-refractivity contribution in [2.45, 2.75) is 63.3 Å². The predicted molar refractivity (Wildman–Crippen MR) is 118 cm³/mol. The van der Waals surface area contributed by atoms with Gasteiger partial charge < -0.3 is 10.1 Å². The number of carbonyl (C=O) groups excluding carboxylic acids is 1. The van der Waals surface area contributed by atoms with E-state index >= 15 is 0 Å². The zero-order valence-corrected chi connectivity index (χ0v) is 19.9. The largest absolute Gasteiger partial charge is 0.449 e. The van der Waals surface area contributed by atoms with Crippen molar-refractivity contribution in [3.05, 3.63) is 64.2 Å². The van der Waals surface area contributed by atoms with Crippen LogP contribution < -0.4 is 10.2 Å². The van der Waals surface area contributed by atoms with Crippen LogP contribution in [-0.2, 0) is 29.8 Å². The van der Waals surface area contributed by atoms with Crippen molar-refractivity contribution in [3.8, 4) is 0 Å². The molecule has 1 saturated carbocycles. The summed E-state index contributed by atoms with van der Waals surface area (Å²) in [6.45, 7) is 1.13. The molecule has 1 aliphatic heterocycles. The number of carbonyl (C=O) groups is 1. The third-order valence-electron chi connectivity index (χ3n) is 6.63. The second kappa shape index (κ2) is 9.97. The first kappa shape index (κ1) is 28.1. The number of halogens is 9. The molecule has 4 rings (SSSR count). The summed E-state index contributed by atoms with van der Waals surface area (Å²) < 4.78 is 125. The van der Waals surface area contributed by atoms with E-state index in [9.17, 15) is 44.3 Å². The number of amides is 1. The van der Waals surface area contributed by atoms with Crippen LogP contribution in [0.2, 0.25) is 0 Å². The fourth-order valence-electron chi connectivity index (χ4n) is 4.75. The number of anilines is 1. The van der Waals surface area contributed by atoms with Crippen LogP contribution in [0.25, 0.3) is 0 Å². The van der Waals surface area contributed by atoms with Gasteiger partial charge in [0.05, 0.1) is 29.0 Å². The molecule has 0 saturated heterocycles. The molecule has 2 aliphatic rings. The molecule has 1 aliphatic carbocycles. The van der Waals surface area contributed by atoms with E-state index in [1.54, 1.807) is 6.92 Å². The van der Waals surface area contributed by atoms with Gasteiger partial charge in [-0.05, 0) is 79.6 Å². The van der Waals surface area contributed by atoms with E-state index < -0.39 is 59.9 Å². The van der Waals surface area contributed by atoms with Gasteiger partial charge in [0.25, 0.3) is 0 Å². The summed E-state index contributed by atoms with van der Waals surface area (Å²) >= 11 is 0. The number of benzene rings is 2. The number of hydrogen-bond donors (Lipinski definition) is 1. The first-order valence-electron chi connectivity index (χ1n) is 11.8. The van der Waals surface area contributed by atoms with E-state index in [-0.39, 0.29) is 41.8 Å². The molecule has 1 amide bonds. The molecular formula is C25H23F9N2O2. The molecule has 2 aromatic carbocycles. The van der Waals surface area contributed by atoms with Crippen LogP contribution in [0.3, 0.4) is 0 Å².